The molecular formula is C85H166O17P2. The first-order chi connectivity index (χ1) is 50.3. The number of carbonyl (C=O) groups excluding carboxylic acids is 4. The molecule has 0 spiro atoms. The van der Waals surface area contributed by atoms with Gasteiger partial charge in [0.25, 0.3) is 0 Å². The average Bonchev–Trinajstić information content (AvgIpc) is 0.907. The summed E-state index contributed by atoms with van der Waals surface area (Å²) < 4.78 is 68.8. The summed E-state index contributed by atoms with van der Waals surface area (Å²) in [6.45, 7) is 11.9. The Morgan fingerprint density at radius 1 is 0.279 bits per heavy atom. The van der Waals surface area contributed by atoms with Gasteiger partial charge < -0.3 is 33.8 Å². The third-order valence-electron chi connectivity index (χ3n) is 20.6. The van der Waals surface area contributed by atoms with Crippen LogP contribution in [0.15, 0.2) is 0 Å². The summed E-state index contributed by atoms with van der Waals surface area (Å²) in [5.41, 5.74) is 0. The van der Waals surface area contributed by atoms with Gasteiger partial charge >= 0.3 is 39.5 Å². The fraction of sp³-hybridized carbons (Fsp3) is 0.953. The van der Waals surface area contributed by atoms with Crippen molar-refractivity contribution in [3.8, 4) is 0 Å². The molecule has 4 unspecified atom stereocenters. The van der Waals surface area contributed by atoms with Crippen LogP contribution in [0.25, 0.3) is 0 Å². The molecule has 0 bridgehead atoms. The van der Waals surface area contributed by atoms with E-state index in [1.54, 1.807) is 0 Å². The molecule has 104 heavy (non-hydrogen) atoms. The molecule has 0 amide bonds. The van der Waals surface area contributed by atoms with E-state index in [0.29, 0.717) is 31.6 Å². The first-order valence-electron chi connectivity index (χ1n) is 43.9. The fourth-order valence-electron chi connectivity index (χ4n) is 13.1. The number of esters is 4. The van der Waals surface area contributed by atoms with E-state index in [2.05, 4.69) is 48.5 Å². The molecule has 0 aliphatic rings. The number of phosphoric acid groups is 2. The Morgan fingerprint density at radius 3 is 0.731 bits per heavy atom. The number of unbranched alkanes of at least 4 members (excludes halogenated alkanes) is 49. The maximum Gasteiger partial charge on any atom is 0.472 e. The second-order valence-corrected chi connectivity index (χ2v) is 34.4. The van der Waals surface area contributed by atoms with Crippen molar-refractivity contribution in [2.45, 2.75) is 465 Å². The monoisotopic (exact) mass is 1520 g/mol. The van der Waals surface area contributed by atoms with Crippen LogP contribution in [0.5, 0.6) is 0 Å². The Balaban J connectivity index is 5.19. The number of phosphoric ester groups is 2. The molecule has 17 nitrogen and oxygen atoms in total. The zero-order valence-corrected chi connectivity index (χ0v) is 70.3. The van der Waals surface area contributed by atoms with E-state index in [1.807, 2.05) is 0 Å². The lowest BCUT2D eigenvalue weighted by atomic mass is 9.99. The van der Waals surface area contributed by atoms with Crippen LogP contribution in [0.3, 0.4) is 0 Å². The van der Waals surface area contributed by atoms with Gasteiger partial charge in [0.15, 0.2) is 12.2 Å². The van der Waals surface area contributed by atoms with Crippen LogP contribution in [0.2, 0.25) is 0 Å². The van der Waals surface area contributed by atoms with Gasteiger partial charge in [0.1, 0.15) is 19.3 Å². The predicted octanol–water partition coefficient (Wildman–Crippen LogP) is 25.7. The third-order valence-corrected chi connectivity index (χ3v) is 22.5. The molecule has 0 heterocycles. The van der Waals surface area contributed by atoms with Gasteiger partial charge in [-0.25, -0.2) is 9.13 Å². The summed E-state index contributed by atoms with van der Waals surface area (Å²) >= 11 is 0. The molecule has 0 saturated carbocycles. The number of hydrogen-bond donors (Lipinski definition) is 3. The van der Waals surface area contributed by atoms with Gasteiger partial charge in [0.2, 0.25) is 0 Å². The average molecular weight is 1520 g/mol. The minimum absolute atomic E-state index is 0.104. The van der Waals surface area contributed by atoms with Crippen molar-refractivity contribution < 1.29 is 80.2 Å². The highest BCUT2D eigenvalue weighted by Crippen LogP contribution is 2.45. The molecule has 0 aromatic heterocycles. The van der Waals surface area contributed by atoms with Gasteiger partial charge in [0.05, 0.1) is 26.4 Å². The van der Waals surface area contributed by atoms with Gasteiger partial charge in [-0.15, -0.1) is 0 Å². The Labute approximate surface area is 638 Å². The van der Waals surface area contributed by atoms with Crippen LogP contribution in [-0.2, 0) is 65.4 Å². The largest absolute Gasteiger partial charge is 0.472 e. The molecule has 0 aliphatic carbocycles. The second kappa shape index (κ2) is 75.1. The molecule has 19 heteroatoms. The zero-order valence-electron chi connectivity index (χ0n) is 68.5. The molecule has 7 atom stereocenters. The molecule has 0 fully saturated rings. The van der Waals surface area contributed by atoms with E-state index in [-0.39, 0.29) is 25.7 Å². The number of rotatable bonds is 83. The van der Waals surface area contributed by atoms with Crippen LogP contribution in [-0.4, -0.2) is 96.7 Å². The lowest BCUT2D eigenvalue weighted by Crippen LogP contribution is -2.30. The summed E-state index contributed by atoms with van der Waals surface area (Å²) in [6.07, 6.45) is 65.6. The van der Waals surface area contributed by atoms with Crippen molar-refractivity contribution in [1.29, 1.82) is 0 Å². The van der Waals surface area contributed by atoms with Gasteiger partial charge in [-0.2, -0.15) is 0 Å². The van der Waals surface area contributed by atoms with E-state index in [4.69, 9.17) is 37.0 Å². The van der Waals surface area contributed by atoms with Crippen LogP contribution in [0.1, 0.15) is 447 Å². The number of aliphatic hydroxyl groups excluding tert-OH is 1. The molecule has 0 aromatic carbocycles. The van der Waals surface area contributed by atoms with Gasteiger partial charge in [-0.3, -0.25) is 37.3 Å². The van der Waals surface area contributed by atoms with Crippen molar-refractivity contribution in [3.05, 3.63) is 0 Å². The van der Waals surface area contributed by atoms with E-state index in [0.717, 1.165) is 108 Å². The highest BCUT2D eigenvalue weighted by atomic mass is 31.2. The first kappa shape index (κ1) is 102. The molecule has 3 N–H and O–H groups in total. The standard InChI is InChI=1S/C85H166O17P2/c1-8-11-12-13-14-15-16-17-18-19-20-21-22-26-29-32-35-38-44-52-59-66-82(87)95-72-80(101-84(89)68-61-54-45-39-36-33-30-27-24-23-25-28-31-34-37-42-50-57-64-77(6)9-2)74-99-103(91,92)97-70-79(86)71-98-104(93,94)100-75-81(73-96-83(88)67-60-53-48-47-49-56-63-76(4)5)102-85(90)69-62-55-46-41-40-43-51-58-65-78(7)10-3/h76-81,86H,8-75H2,1-7H3,(H,91,92)(H,93,94)/t77?,78?,79-,80-,81-/m1/s1. The van der Waals surface area contributed by atoms with Crippen LogP contribution >= 0.6 is 15.6 Å². The van der Waals surface area contributed by atoms with Crippen LogP contribution in [0.4, 0.5) is 0 Å². The SMILES string of the molecule is CCCCCCCCCCCCCCCCCCCCCCCC(=O)OC[C@H](COP(=O)(O)OC[C@@H](O)COP(=O)(O)OC[C@@H](COC(=O)CCCCCCCCC(C)C)OC(=O)CCCCCCCCCCC(C)CC)OC(=O)CCCCCCCCCCCCCCCCCCCCC(C)CC. The maximum absolute atomic E-state index is 13.1. The maximum atomic E-state index is 13.1. The van der Waals surface area contributed by atoms with Crippen molar-refractivity contribution in [2.75, 3.05) is 39.6 Å². The normalized spacial score (nSPS) is 14.4. The predicted molar refractivity (Wildman–Crippen MR) is 428 cm³/mol. The number of aliphatic hydroxyl groups is 1. The van der Waals surface area contributed by atoms with Crippen molar-refractivity contribution in [2.24, 2.45) is 17.8 Å². The quantitative estimate of drug-likeness (QED) is 0.0222. The van der Waals surface area contributed by atoms with Gasteiger partial charge in [0, 0.05) is 25.7 Å². The number of hydrogen-bond acceptors (Lipinski definition) is 15. The van der Waals surface area contributed by atoms with Crippen LogP contribution in [0, 0.1) is 17.8 Å². The molecular weight excluding hydrogens is 1350 g/mol. The molecule has 0 rings (SSSR count). The molecule has 618 valence electrons. The van der Waals surface area contributed by atoms with E-state index < -0.39 is 97.5 Å². The smallest absolute Gasteiger partial charge is 0.462 e. The van der Waals surface area contributed by atoms with Crippen molar-refractivity contribution >= 4 is 39.5 Å². The Bertz CT molecular complexity index is 2010. The summed E-state index contributed by atoms with van der Waals surface area (Å²) in [5.74, 6) is 0.207. The minimum Gasteiger partial charge on any atom is -0.462 e. The number of ether oxygens (including phenoxy) is 4. The second-order valence-electron chi connectivity index (χ2n) is 31.5. The Kier molecular flexibility index (Phi) is 73.7. The van der Waals surface area contributed by atoms with Crippen molar-refractivity contribution in [1.82, 2.24) is 0 Å². The van der Waals surface area contributed by atoms with Gasteiger partial charge in [-0.1, -0.05) is 395 Å². The Hall–Kier alpha value is -1.94. The molecule has 0 radical (unpaired) electrons. The molecule has 0 aliphatic heterocycles. The highest BCUT2D eigenvalue weighted by molar-refractivity contribution is 7.47. The van der Waals surface area contributed by atoms with E-state index in [9.17, 15) is 43.2 Å². The summed E-state index contributed by atoms with van der Waals surface area (Å²) in [4.78, 5) is 73.1. The summed E-state index contributed by atoms with van der Waals surface area (Å²) in [6, 6.07) is 0. The van der Waals surface area contributed by atoms with E-state index in [1.165, 1.54) is 250 Å². The first-order valence-corrected chi connectivity index (χ1v) is 46.9. The van der Waals surface area contributed by atoms with Gasteiger partial charge in [-0.05, 0) is 43.4 Å². The number of carbonyl (C=O) groups is 4. The van der Waals surface area contributed by atoms with Crippen LogP contribution < -0.4 is 0 Å². The molecule has 0 aromatic rings. The lowest BCUT2D eigenvalue weighted by Gasteiger charge is -2.21. The third kappa shape index (κ3) is 75.5. The Morgan fingerprint density at radius 2 is 0.490 bits per heavy atom. The fourth-order valence-corrected chi connectivity index (χ4v) is 14.7. The lowest BCUT2D eigenvalue weighted by molar-refractivity contribution is -0.161. The summed E-state index contributed by atoms with van der Waals surface area (Å²) in [7, 11) is -9.92. The highest BCUT2D eigenvalue weighted by Gasteiger charge is 2.30. The zero-order chi connectivity index (χ0) is 76.5. The van der Waals surface area contributed by atoms with Crippen molar-refractivity contribution in [3.63, 3.8) is 0 Å². The molecule has 0 saturated heterocycles. The minimum atomic E-state index is -4.97. The van der Waals surface area contributed by atoms with E-state index >= 15 is 0 Å². The summed E-state index contributed by atoms with van der Waals surface area (Å²) in [5, 5.41) is 10.7. The topological polar surface area (TPSA) is 237 Å².